The number of amides is 1. The van der Waals surface area contributed by atoms with Gasteiger partial charge in [0, 0.05) is 12.2 Å². The maximum atomic E-state index is 13.5. The highest BCUT2D eigenvalue weighted by Gasteiger charge is 2.10. The molecular formula is C14H16FN3OS2. The van der Waals surface area contributed by atoms with E-state index in [9.17, 15) is 9.18 Å². The van der Waals surface area contributed by atoms with Gasteiger partial charge < -0.3 is 5.32 Å². The van der Waals surface area contributed by atoms with E-state index >= 15 is 0 Å². The molecule has 1 aromatic heterocycles. The summed E-state index contributed by atoms with van der Waals surface area (Å²) in [5, 5.41) is 11.1. The van der Waals surface area contributed by atoms with Crippen LogP contribution in [0.25, 0.3) is 0 Å². The number of halogens is 1. The number of anilines is 1. The largest absolute Gasteiger partial charge is 0.300 e. The summed E-state index contributed by atoms with van der Waals surface area (Å²) in [4.78, 5) is 11.6. The predicted molar refractivity (Wildman–Crippen MR) is 84.0 cm³/mol. The molecule has 2 rings (SSSR count). The SMILES string of the molecule is CC(C)CC(=O)Nc1nnc(SCc2ccccc2F)s1. The highest BCUT2D eigenvalue weighted by molar-refractivity contribution is 8.00. The van der Waals surface area contributed by atoms with Crippen LogP contribution in [0.2, 0.25) is 0 Å². The number of aromatic nitrogens is 2. The molecule has 0 radical (unpaired) electrons. The Bertz CT molecular complexity index is 616. The summed E-state index contributed by atoms with van der Waals surface area (Å²) in [5.41, 5.74) is 0.628. The molecule has 1 N–H and O–H groups in total. The molecule has 0 aliphatic carbocycles. The molecule has 4 nitrogen and oxygen atoms in total. The van der Waals surface area contributed by atoms with E-state index in [2.05, 4.69) is 15.5 Å². The van der Waals surface area contributed by atoms with Gasteiger partial charge in [0.15, 0.2) is 4.34 Å². The van der Waals surface area contributed by atoms with E-state index in [1.165, 1.54) is 29.2 Å². The van der Waals surface area contributed by atoms with E-state index in [-0.39, 0.29) is 11.7 Å². The zero-order valence-corrected chi connectivity index (χ0v) is 13.4. The number of nitrogens with one attached hydrogen (secondary N) is 1. The molecule has 0 fully saturated rings. The van der Waals surface area contributed by atoms with E-state index < -0.39 is 0 Å². The van der Waals surface area contributed by atoms with Gasteiger partial charge in [-0.2, -0.15) is 0 Å². The van der Waals surface area contributed by atoms with Gasteiger partial charge in [-0.15, -0.1) is 10.2 Å². The molecule has 0 saturated heterocycles. The van der Waals surface area contributed by atoms with Gasteiger partial charge in [-0.3, -0.25) is 4.79 Å². The van der Waals surface area contributed by atoms with Crippen LogP contribution in [-0.4, -0.2) is 16.1 Å². The van der Waals surface area contributed by atoms with Gasteiger partial charge in [-0.25, -0.2) is 4.39 Å². The number of carbonyl (C=O) groups excluding carboxylic acids is 1. The molecule has 0 aliphatic heterocycles. The lowest BCUT2D eigenvalue weighted by atomic mass is 10.1. The van der Waals surface area contributed by atoms with Gasteiger partial charge in [0.05, 0.1) is 0 Å². The van der Waals surface area contributed by atoms with Crippen molar-refractivity contribution >= 4 is 34.1 Å². The van der Waals surface area contributed by atoms with E-state index in [0.29, 0.717) is 33.1 Å². The maximum absolute atomic E-state index is 13.5. The lowest BCUT2D eigenvalue weighted by molar-refractivity contribution is -0.116. The normalized spacial score (nSPS) is 10.9. The van der Waals surface area contributed by atoms with Crippen molar-refractivity contribution < 1.29 is 9.18 Å². The molecule has 0 bridgehead atoms. The van der Waals surface area contributed by atoms with Gasteiger partial charge >= 0.3 is 0 Å². The fraction of sp³-hybridized carbons (Fsp3) is 0.357. The second-order valence-electron chi connectivity index (χ2n) is 4.90. The standard InChI is InChI=1S/C14H16FN3OS2/c1-9(2)7-12(19)16-13-17-18-14(21-13)20-8-10-5-3-4-6-11(10)15/h3-6,9H,7-8H2,1-2H3,(H,16,17,19). The second-order valence-corrected chi connectivity index (χ2v) is 7.10. The van der Waals surface area contributed by atoms with Crippen LogP contribution < -0.4 is 5.32 Å². The van der Waals surface area contributed by atoms with Crippen LogP contribution in [0.3, 0.4) is 0 Å². The summed E-state index contributed by atoms with van der Waals surface area (Å²) in [7, 11) is 0. The maximum Gasteiger partial charge on any atom is 0.226 e. The zero-order valence-electron chi connectivity index (χ0n) is 11.8. The van der Waals surface area contributed by atoms with E-state index in [1.54, 1.807) is 18.2 Å². The molecule has 112 valence electrons. The lowest BCUT2D eigenvalue weighted by Gasteiger charge is -2.02. The predicted octanol–water partition coefficient (Wildman–Crippen LogP) is 3.95. The van der Waals surface area contributed by atoms with Crippen molar-refractivity contribution in [3.05, 3.63) is 35.6 Å². The monoisotopic (exact) mass is 325 g/mol. The molecule has 0 atom stereocenters. The molecule has 2 aromatic rings. The topological polar surface area (TPSA) is 54.9 Å². The minimum atomic E-state index is -0.222. The van der Waals surface area contributed by atoms with E-state index in [0.717, 1.165) is 0 Å². The van der Waals surface area contributed by atoms with Gasteiger partial charge in [-0.1, -0.05) is 55.1 Å². The summed E-state index contributed by atoms with van der Waals surface area (Å²) in [5.74, 6) is 0.501. The van der Waals surface area contributed by atoms with Crippen molar-refractivity contribution in [1.82, 2.24) is 10.2 Å². The number of thioether (sulfide) groups is 1. The summed E-state index contributed by atoms with van der Waals surface area (Å²) < 4.78 is 14.2. The van der Waals surface area contributed by atoms with Crippen molar-refractivity contribution in [3.8, 4) is 0 Å². The van der Waals surface area contributed by atoms with E-state index in [4.69, 9.17) is 0 Å². The Labute approximate surface area is 131 Å². The number of nitrogens with zero attached hydrogens (tertiary/aromatic N) is 2. The summed E-state index contributed by atoms with van der Waals surface area (Å²) >= 11 is 2.70. The van der Waals surface area contributed by atoms with Crippen LogP contribution in [0.1, 0.15) is 25.8 Å². The number of carbonyl (C=O) groups is 1. The summed E-state index contributed by atoms with van der Waals surface area (Å²) in [6.45, 7) is 3.96. The Kier molecular flexibility index (Phi) is 5.69. The number of hydrogen-bond donors (Lipinski definition) is 1. The lowest BCUT2D eigenvalue weighted by Crippen LogP contribution is -2.13. The Morgan fingerprint density at radius 3 is 2.86 bits per heavy atom. The number of rotatable bonds is 6. The first-order chi connectivity index (χ1) is 10.0. The van der Waals surface area contributed by atoms with Gasteiger partial charge in [-0.05, 0) is 17.5 Å². The average Bonchev–Trinajstić information content (AvgIpc) is 2.84. The summed E-state index contributed by atoms with van der Waals surface area (Å²) in [6.07, 6.45) is 0.456. The molecule has 1 heterocycles. The smallest absolute Gasteiger partial charge is 0.226 e. The van der Waals surface area contributed by atoms with Gasteiger partial charge in [0.25, 0.3) is 0 Å². The van der Waals surface area contributed by atoms with E-state index in [1.807, 2.05) is 13.8 Å². The van der Waals surface area contributed by atoms with Crippen LogP contribution in [0.15, 0.2) is 28.6 Å². The van der Waals surface area contributed by atoms with Gasteiger partial charge in [0.1, 0.15) is 5.82 Å². The number of hydrogen-bond acceptors (Lipinski definition) is 5. The Hall–Kier alpha value is -1.47. The Morgan fingerprint density at radius 2 is 2.14 bits per heavy atom. The van der Waals surface area contributed by atoms with Crippen LogP contribution >= 0.6 is 23.1 Å². The van der Waals surface area contributed by atoms with Crippen molar-refractivity contribution in [2.45, 2.75) is 30.4 Å². The highest BCUT2D eigenvalue weighted by atomic mass is 32.2. The molecule has 0 saturated carbocycles. The molecule has 0 unspecified atom stereocenters. The van der Waals surface area contributed by atoms with Crippen LogP contribution in [0.5, 0.6) is 0 Å². The third-order valence-corrected chi connectivity index (χ3v) is 4.58. The Balaban J connectivity index is 1.89. The van der Waals surface area contributed by atoms with Crippen LogP contribution in [-0.2, 0) is 10.5 Å². The molecule has 1 amide bonds. The first kappa shape index (κ1) is 15.9. The Morgan fingerprint density at radius 1 is 1.38 bits per heavy atom. The number of benzene rings is 1. The molecular weight excluding hydrogens is 309 g/mol. The third-order valence-electron chi connectivity index (χ3n) is 2.56. The zero-order chi connectivity index (χ0) is 15.2. The average molecular weight is 325 g/mol. The molecule has 0 aliphatic rings. The first-order valence-corrected chi connectivity index (χ1v) is 8.34. The molecule has 21 heavy (non-hydrogen) atoms. The molecule has 0 spiro atoms. The van der Waals surface area contributed by atoms with Crippen LogP contribution in [0.4, 0.5) is 9.52 Å². The minimum Gasteiger partial charge on any atom is -0.300 e. The highest BCUT2D eigenvalue weighted by Crippen LogP contribution is 2.29. The summed E-state index contributed by atoms with van der Waals surface area (Å²) in [6, 6.07) is 6.65. The fourth-order valence-electron chi connectivity index (χ4n) is 1.61. The van der Waals surface area contributed by atoms with Crippen LogP contribution in [0, 0.1) is 11.7 Å². The van der Waals surface area contributed by atoms with Gasteiger partial charge in [0.2, 0.25) is 11.0 Å². The minimum absolute atomic E-state index is 0.0631. The first-order valence-electron chi connectivity index (χ1n) is 6.54. The second kappa shape index (κ2) is 7.51. The molecule has 1 aromatic carbocycles. The quantitative estimate of drug-likeness (QED) is 0.645. The molecule has 7 heteroatoms. The third kappa shape index (κ3) is 5.09. The fourth-order valence-corrected chi connectivity index (χ4v) is 3.37. The van der Waals surface area contributed by atoms with Crippen molar-refractivity contribution in [2.75, 3.05) is 5.32 Å². The van der Waals surface area contributed by atoms with Crippen molar-refractivity contribution in [2.24, 2.45) is 5.92 Å². The van der Waals surface area contributed by atoms with Crippen molar-refractivity contribution in [1.29, 1.82) is 0 Å². The van der Waals surface area contributed by atoms with Crippen molar-refractivity contribution in [3.63, 3.8) is 0 Å².